The molecule has 74 valence electrons. The van der Waals surface area contributed by atoms with Crippen LogP contribution in [0.25, 0.3) is 0 Å². The zero-order valence-electron chi connectivity index (χ0n) is 7.50. The van der Waals surface area contributed by atoms with E-state index in [1.807, 2.05) is 0 Å². The van der Waals surface area contributed by atoms with Crippen molar-refractivity contribution in [2.45, 2.75) is 6.67 Å². The number of hydrogen-bond acceptors (Lipinski definition) is 2. The highest BCUT2D eigenvalue weighted by atomic mass is 19.1. The Kier molecular flexibility index (Phi) is 2.79. The number of alkyl halides is 1. The molecule has 0 aromatic heterocycles. The summed E-state index contributed by atoms with van der Waals surface area (Å²) in [6.07, 6.45) is 0. The maximum Gasteiger partial charge on any atom is 0.494 e. The first-order valence-corrected chi connectivity index (χ1v) is 4.39. The molecule has 0 atom stereocenters. The first-order valence-electron chi connectivity index (χ1n) is 4.39. The summed E-state index contributed by atoms with van der Waals surface area (Å²) < 4.78 is 35.7. The Balaban J connectivity index is 2.25. The quantitative estimate of drug-likeness (QED) is 0.661. The molecule has 0 aliphatic carbocycles. The number of benzene rings is 1. The van der Waals surface area contributed by atoms with Gasteiger partial charge in [-0.05, 0) is 11.5 Å². The fourth-order valence-corrected chi connectivity index (χ4v) is 1.39. The van der Waals surface area contributed by atoms with Gasteiger partial charge in [-0.3, -0.25) is 0 Å². The minimum atomic E-state index is -0.813. The van der Waals surface area contributed by atoms with Gasteiger partial charge in [-0.25, -0.2) is 8.78 Å². The van der Waals surface area contributed by atoms with Crippen molar-refractivity contribution in [2.75, 3.05) is 13.2 Å². The molecule has 0 radical (unpaired) electrons. The molecule has 1 aromatic carbocycles. The zero-order chi connectivity index (χ0) is 9.97. The third kappa shape index (κ3) is 1.78. The number of hydrogen-bond donors (Lipinski definition) is 0. The maximum atomic E-state index is 12.9. The van der Waals surface area contributed by atoms with Gasteiger partial charge in [0, 0.05) is 5.56 Å². The molecule has 0 bridgehead atoms. The molecular formula is C9H9BF2O2. The summed E-state index contributed by atoms with van der Waals surface area (Å²) >= 11 is 0. The summed E-state index contributed by atoms with van der Waals surface area (Å²) in [5.74, 6) is -0.533. The standard InChI is InChI=1S/C9H9BF2O2/c11-6-7-5-8(1-2-9(7)12)10-13-3-4-14-10/h1-2,5H,3-4,6H2. The summed E-state index contributed by atoms with van der Waals surface area (Å²) in [6.45, 7) is 0.229. The van der Waals surface area contributed by atoms with E-state index in [0.717, 1.165) is 0 Å². The van der Waals surface area contributed by atoms with E-state index in [2.05, 4.69) is 0 Å². The van der Waals surface area contributed by atoms with Crippen molar-refractivity contribution in [2.24, 2.45) is 0 Å². The fraction of sp³-hybridized carbons (Fsp3) is 0.333. The molecule has 1 aliphatic rings. The highest BCUT2D eigenvalue weighted by molar-refractivity contribution is 6.61. The van der Waals surface area contributed by atoms with Gasteiger partial charge in [0.25, 0.3) is 0 Å². The summed E-state index contributed by atoms with van der Waals surface area (Å²) in [5.41, 5.74) is 0.707. The number of halogens is 2. The third-order valence-electron chi connectivity index (χ3n) is 2.11. The SMILES string of the molecule is FCc1cc(B2OCCO2)ccc1F. The second-order valence-corrected chi connectivity index (χ2v) is 3.06. The molecule has 1 aromatic rings. The van der Waals surface area contributed by atoms with Crippen LogP contribution in [0.3, 0.4) is 0 Å². The van der Waals surface area contributed by atoms with Crippen molar-refractivity contribution in [3.8, 4) is 0 Å². The van der Waals surface area contributed by atoms with E-state index in [-0.39, 0.29) is 5.56 Å². The Morgan fingerprint density at radius 2 is 2.00 bits per heavy atom. The molecule has 0 unspecified atom stereocenters. The summed E-state index contributed by atoms with van der Waals surface area (Å²) in [6, 6.07) is 4.21. The molecular weight excluding hydrogens is 189 g/mol. The van der Waals surface area contributed by atoms with E-state index < -0.39 is 19.6 Å². The molecule has 2 rings (SSSR count). The van der Waals surface area contributed by atoms with Crippen LogP contribution in [-0.2, 0) is 16.0 Å². The molecule has 1 aliphatic heterocycles. The fourth-order valence-electron chi connectivity index (χ4n) is 1.39. The van der Waals surface area contributed by atoms with Gasteiger partial charge in [0.05, 0.1) is 13.2 Å². The lowest BCUT2D eigenvalue weighted by Crippen LogP contribution is -2.32. The van der Waals surface area contributed by atoms with Crippen LogP contribution in [0.1, 0.15) is 5.56 Å². The van der Waals surface area contributed by atoms with Crippen molar-refractivity contribution < 1.29 is 18.1 Å². The lowest BCUT2D eigenvalue weighted by molar-refractivity contribution is 0.365. The van der Waals surface area contributed by atoms with E-state index in [1.54, 1.807) is 6.07 Å². The summed E-state index contributed by atoms with van der Waals surface area (Å²) in [4.78, 5) is 0. The van der Waals surface area contributed by atoms with Gasteiger partial charge in [-0.1, -0.05) is 12.1 Å². The van der Waals surface area contributed by atoms with Crippen LogP contribution in [0, 0.1) is 5.82 Å². The molecule has 1 heterocycles. The van der Waals surface area contributed by atoms with Crippen LogP contribution < -0.4 is 5.46 Å². The smallest absolute Gasteiger partial charge is 0.405 e. The second-order valence-electron chi connectivity index (χ2n) is 3.06. The van der Waals surface area contributed by atoms with Gasteiger partial charge in [0.2, 0.25) is 0 Å². The lowest BCUT2D eigenvalue weighted by Gasteiger charge is -2.05. The molecule has 14 heavy (non-hydrogen) atoms. The molecule has 0 saturated carbocycles. The first-order chi connectivity index (χ1) is 6.81. The Morgan fingerprint density at radius 3 is 2.64 bits per heavy atom. The van der Waals surface area contributed by atoms with Gasteiger partial charge < -0.3 is 9.31 Å². The third-order valence-corrected chi connectivity index (χ3v) is 2.11. The van der Waals surface area contributed by atoms with Crippen molar-refractivity contribution in [3.63, 3.8) is 0 Å². The minimum absolute atomic E-state index is 0.0431. The van der Waals surface area contributed by atoms with Crippen molar-refractivity contribution in [1.29, 1.82) is 0 Å². The largest absolute Gasteiger partial charge is 0.494 e. The van der Waals surface area contributed by atoms with Crippen LogP contribution in [0.4, 0.5) is 8.78 Å². The maximum absolute atomic E-state index is 12.9. The lowest BCUT2D eigenvalue weighted by atomic mass is 9.79. The van der Waals surface area contributed by atoms with E-state index in [4.69, 9.17) is 9.31 Å². The first kappa shape index (κ1) is 9.61. The topological polar surface area (TPSA) is 18.5 Å². The Bertz CT molecular complexity index is 327. The van der Waals surface area contributed by atoms with Gasteiger partial charge in [0.15, 0.2) is 0 Å². The Labute approximate surface area is 81.0 Å². The van der Waals surface area contributed by atoms with Crippen molar-refractivity contribution in [3.05, 3.63) is 29.6 Å². The molecule has 5 heteroatoms. The zero-order valence-corrected chi connectivity index (χ0v) is 7.50. The molecule has 2 nitrogen and oxygen atoms in total. The van der Waals surface area contributed by atoms with E-state index in [1.165, 1.54) is 12.1 Å². The molecule has 1 saturated heterocycles. The summed E-state index contributed by atoms with van der Waals surface area (Å²) in [5, 5.41) is 0. The molecule has 1 fully saturated rings. The monoisotopic (exact) mass is 198 g/mol. The van der Waals surface area contributed by atoms with Gasteiger partial charge in [0.1, 0.15) is 12.5 Å². The average Bonchev–Trinajstić information content (AvgIpc) is 2.71. The van der Waals surface area contributed by atoms with Crippen LogP contribution in [0.2, 0.25) is 0 Å². The van der Waals surface area contributed by atoms with E-state index in [0.29, 0.717) is 18.7 Å². The Morgan fingerprint density at radius 1 is 1.29 bits per heavy atom. The van der Waals surface area contributed by atoms with E-state index in [9.17, 15) is 8.78 Å². The van der Waals surface area contributed by atoms with E-state index >= 15 is 0 Å². The van der Waals surface area contributed by atoms with Crippen molar-refractivity contribution in [1.82, 2.24) is 0 Å². The Hall–Kier alpha value is -0.935. The average molecular weight is 198 g/mol. The minimum Gasteiger partial charge on any atom is -0.405 e. The normalized spacial score (nSPS) is 16.3. The second kappa shape index (κ2) is 4.06. The predicted octanol–water partition coefficient (Wildman–Crippen LogP) is 1.04. The van der Waals surface area contributed by atoms with Crippen LogP contribution in [-0.4, -0.2) is 20.3 Å². The molecule has 0 N–H and O–H groups in total. The highest BCUT2D eigenvalue weighted by Crippen LogP contribution is 2.08. The van der Waals surface area contributed by atoms with Crippen molar-refractivity contribution >= 4 is 12.6 Å². The predicted molar refractivity (Wildman–Crippen MR) is 48.5 cm³/mol. The van der Waals surface area contributed by atoms with Crippen LogP contribution in [0.5, 0.6) is 0 Å². The molecule has 0 spiro atoms. The summed E-state index contributed by atoms with van der Waals surface area (Å²) in [7, 11) is -0.471. The van der Waals surface area contributed by atoms with Gasteiger partial charge in [-0.15, -0.1) is 0 Å². The van der Waals surface area contributed by atoms with Gasteiger partial charge >= 0.3 is 7.12 Å². The number of rotatable bonds is 2. The molecule has 0 amide bonds. The highest BCUT2D eigenvalue weighted by Gasteiger charge is 2.26. The van der Waals surface area contributed by atoms with Gasteiger partial charge in [-0.2, -0.15) is 0 Å². The van der Waals surface area contributed by atoms with Crippen LogP contribution in [0.15, 0.2) is 18.2 Å². The van der Waals surface area contributed by atoms with Crippen LogP contribution >= 0.6 is 0 Å².